The molecule has 1 aromatic heterocycles. The molecule has 0 saturated heterocycles. The number of carbonyl (C=O) groups is 1. The summed E-state index contributed by atoms with van der Waals surface area (Å²) in [5.74, 6) is 0.982. The van der Waals surface area contributed by atoms with Crippen LogP contribution in [0.5, 0.6) is 0 Å². The molecule has 1 N–H and O–H groups in total. The Morgan fingerprint density at radius 1 is 1.50 bits per heavy atom. The van der Waals surface area contributed by atoms with Crippen LogP contribution in [-0.2, 0) is 9.53 Å². The molecule has 0 fully saturated rings. The van der Waals surface area contributed by atoms with E-state index in [1.807, 2.05) is 0 Å². The molecule has 0 atom stereocenters. The first-order chi connectivity index (χ1) is 8.68. The van der Waals surface area contributed by atoms with Gasteiger partial charge in [-0.3, -0.25) is 0 Å². The normalized spacial score (nSPS) is 11.3. The highest BCUT2D eigenvalue weighted by Crippen LogP contribution is 2.02. The van der Waals surface area contributed by atoms with Crippen LogP contribution in [0.2, 0.25) is 0 Å². The van der Waals surface area contributed by atoms with Crippen LogP contribution in [0.3, 0.4) is 0 Å². The summed E-state index contributed by atoms with van der Waals surface area (Å²) in [7, 11) is 0. The minimum Gasteiger partial charge on any atom is -0.465 e. The Hall–Kier alpha value is -1.55. The molecular formula is C14H21NO3. The van der Waals surface area contributed by atoms with Crippen molar-refractivity contribution < 1.29 is 13.9 Å². The average molecular weight is 251 g/mol. The first kappa shape index (κ1) is 14.5. The van der Waals surface area contributed by atoms with E-state index >= 15 is 0 Å². The molecule has 0 bridgehead atoms. The Kier molecular flexibility index (Phi) is 6.87. The molecule has 0 unspecified atom stereocenters. The molecule has 1 aromatic rings. The third-order valence-electron chi connectivity index (χ3n) is 2.35. The number of esters is 1. The Labute approximate surface area is 108 Å². The highest BCUT2D eigenvalue weighted by atomic mass is 16.5. The number of carbonyl (C=O) groups excluding carboxylic acids is 1. The molecule has 1 rings (SSSR count). The average Bonchev–Trinajstić information content (AvgIpc) is 2.83. The maximum absolute atomic E-state index is 11.3. The van der Waals surface area contributed by atoms with Gasteiger partial charge in [0.05, 0.1) is 6.26 Å². The summed E-state index contributed by atoms with van der Waals surface area (Å²) < 4.78 is 10.1. The highest BCUT2D eigenvalue weighted by Gasteiger charge is 1.98. The lowest BCUT2D eigenvalue weighted by Gasteiger charge is -2.06. The highest BCUT2D eigenvalue weighted by molar-refractivity contribution is 5.86. The zero-order chi connectivity index (χ0) is 13.2. The second-order valence-corrected chi connectivity index (χ2v) is 4.45. The van der Waals surface area contributed by atoms with Crippen LogP contribution < -0.4 is 5.32 Å². The molecule has 0 saturated carbocycles. The molecular weight excluding hydrogens is 230 g/mol. The molecule has 0 aliphatic heterocycles. The fourth-order valence-corrected chi connectivity index (χ4v) is 1.32. The third-order valence-corrected chi connectivity index (χ3v) is 2.35. The zero-order valence-corrected chi connectivity index (χ0v) is 11.0. The number of furan rings is 1. The Bertz CT molecular complexity index is 355. The minimum absolute atomic E-state index is 0.350. The summed E-state index contributed by atoms with van der Waals surface area (Å²) >= 11 is 0. The second-order valence-electron chi connectivity index (χ2n) is 4.45. The summed E-state index contributed by atoms with van der Waals surface area (Å²) in [6.45, 7) is 6.40. The van der Waals surface area contributed by atoms with Crippen molar-refractivity contribution in [1.82, 2.24) is 5.32 Å². The van der Waals surface area contributed by atoms with Gasteiger partial charge in [-0.1, -0.05) is 13.8 Å². The molecule has 0 aromatic carbocycles. The van der Waals surface area contributed by atoms with Crippen LogP contribution >= 0.6 is 0 Å². The molecule has 4 nitrogen and oxygen atoms in total. The smallest absolute Gasteiger partial charge is 0.330 e. The van der Waals surface area contributed by atoms with Crippen molar-refractivity contribution >= 4 is 12.0 Å². The summed E-state index contributed by atoms with van der Waals surface area (Å²) in [6.07, 6.45) is 5.65. The third kappa shape index (κ3) is 6.91. The van der Waals surface area contributed by atoms with Gasteiger partial charge in [-0.2, -0.15) is 0 Å². The molecule has 100 valence electrons. The fraction of sp³-hybridized carbons (Fsp3) is 0.500. The van der Waals surface area contributed by atoms with E-state index in [0.717, 1.165) is 13.0 Å². The van der Waals surface area contributed by atoms with Crippen LogP contribution in [0.4, 0.5) is 0 Å². The second kappa shape index (κ2) is 8.53. The summed E-state index contributed by atoms with van der Waals surface area (Å²) in [5, 5.41) is 3.22. The molecule has 0 amide bonds. The Morgan fingerprint density at radius 2 is 2.33 bits per heavy atom. The van der Waals surface area contributed by atoms with Crippen LogP contribution in [0.25, 0.3) is 6.08 Å². The molecule has 0 radical (unpaired) electrons. The van der Waals surface area contributed by atoms with Crippen molar-refractivity contribution in [3.63, 3.8) is 0 Å². The SMILES string of the molecule is CC(C)CCNCCOC(=O)/C=C/c1ccco1. The van der Waals surface area contributed by atoms with Crippen LogP contribution in [0.15, 0.2) is 28.9 Å². The van der Waals surface area contributed by atoms with Crippen molar-refractivity contribution in [2.24, 2.45) is 5.92 Å². The molecule has 0 aliphatic rings. The maximum atomic E-state index is 11.3. The molecule has 1 heterocycles. The van der Waals surface area contributed by atoms with Gasteiger partial charge in [-0.05, 0) is 37.1 Å². The van der Waals surface area contributed by atoms with Crippen LogP contribution in [0.1, 0.15) is 26.0 Å². The number of ether oxygens (including phenoxy) is 1. The molecule has 0 aliphatic carbocycles. The van der Waals surface area contributed by atoms with Gasteiger partial charge in [0.1, 0.15) is 12.4 Å². The van der Waals surface area contributed by atoms with Crippen molar-refractivity contribution in [3.8, 4) is 0 Å². The maximum Gasteiger partial charge on any atom is 0.330 e. The van der Waals surface area contributed by atoms with Gasteiger partial charge in [0.25, 0.3) is 0 Å². The lowest BCUT2D eigenvalue weighted by Crippen LogP contribution is -2.22. The van der Waals surface area contributed by atoms with E-state index in [0.29, 0.717) is 24.8 Å². The van der Waals surface area contributed by atoms with Crippen LogP contribution in [-0.4, -0.2) is 25.7 Å². The van der Waals surface area contributed by atoms with Gasteiger partial charge in [0.15, 0.2) is 0 Å². The van der Waals surface area contributed by atoms with Gasteiger partial charge >= 0.3 is 5.97 Å². The van der Waals surface area contributed by atoms with E-state index in [1.165, 1.54) is 6.08 Å². The van der Waals surface area contributed by atoms with E-state index in [9.17, 15) is 4.79 Å². The van der Waals surface area contributed by atoms with E-state index < -0.39 is 0 Å². The van der Waals surface area contributed by atoms with Gasteiger partial charge in [0, 0.05) is 12.6 Å². The number of hydrogen-bond donors (Lipinski definition) is 1. The van der Waals surface area contributed by atoms with Gasteiger partial charge < -0.3 is 14.5 Å². The minimum atomic E-state index is -0.350. The number of rotatable bonds is 8. The van der Waals surface area contributed by atoms with E-state index in [1.54, 1.807) is 24.5 Å². The predicted octanol–water partition coefficient (Wildman–Crippen LogP) is 2.47. The van der Waals surface area contributed by atoms with Gasteiger partial charge in [0.2, 0.25) is 0 Å². The largest absolute Gasteiger partial charge is 0.465 e. The van der Waals surface area contributed by atoms with Crippen molar-refractivity contribution in [2.75, 3.05) is 19.7 Å². The van der Waals surface area contributed by atoms with E-state index in [-0.39, 0.29) is 5.97 Å². The predicted molar refractivity (Wildman–Crippen MR) is 71.0 cm³/mol. The van der Waals surface area contributed by atoms with Crippen LogP contribution in [0, 0.1) is 5.92 Å². The first-order valence-electron chi connectivity index (χ1n) is 6.27. The first-order valence-corrected chi connectivity index (χ1v) is 6.27. The van der Waals surface area contributed by atoms with E-state index in [2.05, 4.69) is 19.2 Å². The summed E-state index contributed by atoms with van der Waals surface area (Å²) in [4.78, 5) is 11.3. The van der Waals surface area contributed by atoms with Crippen molar-refractivity contribution in [2.45, 2.75) is 20.3 Å². The zero-order valence-electron chi connectivity index (χ0n) is 11.0. The number of nitrogens with one attached hydrogen (secondary N) is 1. The Morgan fingerprint density at radius 3 is 3.00 bits per heavy atom. The van der Waals surface area contributed by atoms with Gasteiger partial charge in [-0.25, -0.2) is 4.79 Å². The molecule has 0 spiro atoms. The van der Waals surface area contributed by atoms with Gasteiger partial charge in [-0.15, -0.1) is 0 Å². The Balaban J connectivity index is 2.03. The topological polar surface area (TPSA) is 51.5 Å². The molecule has 4 heteroatoms. The van der Waals surface area contributed by atoms with Crippen molar-refractivity contribution in [1.29, 1.82) is 0 Å². The summed E-state index contributed by atoms with van der Waals surface area (Å²) in [6, 6.07) is 3.54. The van der Waals surface area contributed by atoms with Crippen molar-refractivity contribution in [3.05, 3.63) is 30.2 Å². The summed E-state index contributed by atoms with van der Waals surface area (Å²) in [5.41, 5.74) is 0. The molecule has 18 heavy (non-hydrogen) atoms. The quantitative estimate of drug-likeness (QED) is 0.438. The number of hydrogen-bond acceptors (Lipinski definition) is 4. The standard InChI is InChI=1S/C14H21NO3/c1-12(2)7-8-15-9-11-18-14(16)6-5-13-4-3-10-17-13/h3-6,10,12,15H,7-9,11H2,1-2H3/b6-5+. The lowest BCUT2D eigenvalue weighted by molar-refractivity contribution is -0.137. The fourth-order valence-electron chi connectivity index (χ4n) is 1.32. The lowest BCUT2D eigenvalue weighted by atomic mass is 10.1. The monoisotopic (exact) mass is 251 g/mol. The van der Waals surface area contributed by atoms with E-state index in [4.69, 9.17) is 9.15 Å².